The van der Waals surface area contributed by atoms with Crippen LogP contribution in [0.1, 0.15) is 34.8 Å². The SMILES string of the molecule is O=C(O)c1cn(C2CC2)c2cc(N3CCN(Cn4nc(N5CCN(c6ccc([N+](=O)[O-])cc6)CC5)n(Cc5ccccc5)c4=O)CC3)c(F)cc2c1=O. The average molecular weight is 724 g/mol. The topological polar surface area (TPSA) is 155 Å². The maximum absolute atomic E-state index is 15.6. The van der Waals surface area contributed by atoms with Gasteiger partial charge in [-0.3, -0.25) is 24.4 Å². The number of non-ortho nitro benzene ring substituents is 1. The molecule has 8 rings (SSSR count). The minimum absolute atomic E-state index is 0.0446. The Hall–Kier alpha value is -6.03. The summed E-state index contributed by atoms with van der Waals surface area (Å²) < 4.78 is 20.6. The van der Waals surface area contributed by atoms with E-state index in [1.54, 1.807) is 27.3 Å². The summed E-state index contributed by atoms with van der Waals surface area (Å²) in [6, 6.07) is 19.2. The lowest BCUT2D eigenvalue weighted by molar-refractivity contribution is -0.384. The summed E-state index contributed by atoms with van der Waals surface area (Å²) in [5, 5.41) is 25.6. The summed E-state index contributed by atoms with van der Waals surface area (Å²) >= 11 is 0. The minimum atomic E-state index is -1.33. The number of carbonyl (C=O) groups is 1. The van der Waals surface area contributed by atoms with Crippen molar-refractivity contribution >= 4 is 39.9 Å². The highest BCUT2D eigenvalue weighted by molar-refractivity contribution is 5.93. The number of aromatic nitrogens is 4. The van der Waals surface area contributed by atoms with E-state index in [-0.39, 0.29) is 35.0 Å². The van der Waals surface area contributed by atoms with E-state index in [1.165, 1.54) is 23.0 Å². The van der Waals surface area contributed by atoms with Gasteiger partial charge in [0.1, 0.15) is 11.4 Å². The second-order valence-electron chi connectivity index (χ2n) is 13.8. The molecule has 0 bridgehead atoms. The van der Waals surface area contributed by atoms with Gasteiger partial charge in [0.15, 0.2) is 0 Å². The molecule has 1 saturated carbocycles. The van der Waals surface area contributed by atoms with Gasteiger partial charge in [0.25, 0.3) is 5.69 Å². The van der Waals surface area contributed by atoms with E-state index in [0.29, 0.717) is 76.1 Å². The van der Waals surface area contributed by atoms with Crippen LogP contribution in [0.5, 0.6) is 0 Å². The molecule has 3 aliphatic rings. The maximum Gasteiger partial charge on any atom is 0.348 e. The second kappa shape index (κ2) is 13.8. The number of nitro benzene ring substituents is 1. The molecule has 1 aliphatic carbocycles. The van der Waals surface area contributed by atoms with Crippen molar-refractivity contribution in [2.24, 2.45) is 0 Å². The number of anilines is 3. The zero-order valence-electron chi connectivity index (χ0n) is 28.9. The monoisotopic (exact) mass is 723 g/mol. The van der Waals surface area contributed by atoms with Crippen molar-refractivity contribution in [2.75, 3.05) is 67.1 Å². The highest BCUT2D eigenvalue weighted by atomic mass is 19.1. The molecular weight excluding hydrogens is 685 g/mol. The number of piperazine rings is 2. The van der Waals surface area contributed by atoms with Crippen LogP contribution >= 0.6 is 0 Å². The molecule has 0 amide bonds. The molecule has 2 aliphatic heterocycles. The van der Waals surface area contributed by atoms with Crippen molar-refractivity contribution in [3.63, 3.8) is 0 Å². The lowest BCUT2D eigenvalue weighted by atomic mass is 10.1. The summed E-state index contributed by atoms with van der Waals surface area (Å²) in [6.45, 7) is 5.12. The van der Waals surface area contributed by atoms with E-state index in [1.807, 2.05) is 35.2 Å². The van der Waals surface area contributed by atoms with Crippen LogP contribution in [0.2, 0.25) is 0 Å². The highest BCUT2D eigenvalue weighted by Gasteiger charge is 2.30. The standard InChI is InChI=1S/C37H38FN9O6/c38-31-20-29-32(44(27-8-9-27)23-30(34(29)48)35(49)50)21-33(31)42-14-12-40(13-15-42)24-46-37(51)45(22-25-4-2-1-3-5-25)36(39-46)43-18-16-41(17-19-43)26-6-10-28(11-7-26)47(52)53/h1-7,10-11,20-21,23,27H,8-9,12-19,22,24H2,(H,49,50). The lowest BCUT2D eigenvalue weighted by Gasteiger charge is -2.36. The van der Waals surface area contributed by atoms with Crippen molar-refractivity contribution in [3.8, 4) is 0 Å². The molecule has 53 heavy (non-hydrogen) atoms. The normalized spacial score (nSPS) is 16.7. The maximum atomic E-state index is 15.6. The predicted octanol–water partition coefficient (Wildman–Crippen LogP) is 3.59. The molecule has 0 spiro atoms. The van der Waals surface area contributed by atoms with E-state index in [2.05, 4.69) is 14.7 Å². The molecule has 1 N–H and O–H groups in total. The third kappa shape index (κ3) is 6.72. The van der Waals surface area contributed by atoms with Gasteiger partial charge in [-0.05, 0) is 42.7 Å². The van der Waals surface area contributed by atoms with Crippen molar-refractivity contribution in [2.45, 2.75) is 32.1 Å². The molecule has 3 fully saturated rings. The number of aromatic carboxylic acids is 1. The van der Waals surface area contributed by atoms with Crippen molar-refractivity contribution in [3.05, 3.63) is 121 Å². The number of benzene rings is 3. The van der Waals surface area contributed by atoms with Gasteiger partial charge in [0.2, 0.25) is 11.4 Å². The van der Waals surface area contributed by atoms with Gasteiger partial charge in [0.05, 0.1) is 29.3 Å². The number of fused-ring (bicyclic) bond motifs is 1. The van der Waals surface area contributed by atoms with Crippen LogP contribution in [0.25, 0.3) is 10.9 Å². The third-order valence-corrected chi connectivity index (χ3v) is 10.4. The Labute approximate surface area is 302 Å². The van der Waals surface area contributed by atoms with E-state index in [9.17, 15) is 29.6 Å². The molecule has 2 aromatic heterocycles. The van der Waals surface area contributed by atoms with Gasteiger partial charge >= 0.3 is 11.7 Å². The Morgan fingerprint density at radius 2 is 1.55 bits per heavy atom. The Bertz CT molecular complexity index is 2300. The number of carboxylic acids is 1. The molecule has 5 aromatic rings. The molecule has 2 saturated heterocycles. The summed E-state index contributed by atoms with van der Waals surface area (Å²) in [7, 11) is 0. The van der Waals surface area contributed by atoms with Gasteiger partial charge in [-0.25, -0.2) is 14.0 Å². The van der Waals surface area contributed by atoms with E-state index in [4.69, 9.17) is 5.10 Å². The average Bonchev–Trinajstić information content (AvgIpc) is 3.97. The first-order chi connectivity index (χ1) is 25.6. The van der Waals surface area contributed by atoms with Gasteiger partial charge in [-0.2, -0.15) is 4.68 Å². The number of nitro groups is 1. The number of halogens is 1. The van der Waals surface area contributed by atoms with E-state index >= 15 is 4.39 Å². The smallest absolute Gasteiger partial charge is 0.348 e. The van der Waals surface area contributed by atoms with Gasteiger partial charge in [-0.15, -0.1) is 5.10 Å². The summed E-state index contributed by atoms with van der Waals surface area (Å²) in [5.74, 6) is -1.33. The van der Waals surface area contributed by atoms with Gasteiger partial charge < -0.3 is 24.4 Å². The zero-order chi connectivity index (χ0) is 36.8. The van der Waals surface area contributed by atoms with Crippen molar-refractivity contribution in [1.29, 1.82) is 0 Å². The fourth-order valence-electron chi connectivity index (χ4n) is 7.34. The Morgan fingerprint density at radius 1 is 0.887 bits per heavy atom. The van der Waals surface area contributed by atoms with Gasteiger partial charge in [-0.1, -0.05) is 30.3 Å². The molecular formula is C37H38FN9O6. The van der Waals surface area contributed by atoms with Crippen LogP contribution in [0.4, 0.5) is 27.4 Å². The number of rotatable bonds is 10. The minimum Gasteiger partial charge on any atom is -0.477 e. The highest BCUT2D eigenvalue weighted by Crippen LogP contribution is 2.38. The second-order valence-corrected chi connectivity index (χ2v) is 13.8. The van der Waals surface area contributed by atoms with Crippen LogP contribution in [0.3, 0.4) is 0 Å². The van der Waals surface area contributed by atoms with E-state index in [0.717, 1.165) is 30.2 Å². The van der Waals surface area contributed by atoms with Crippen LogP contribution in [0.15, 0.2) is 82.5 Å². The first-order valence-electron chi connectivity index (χ1n) is 17.7. The van der Waals surface area contributed by atoms with Crippen LogP contribution in [-0.4, -0.2) is 92.2 Å². The molecule has 274 valence electrons. The molecule has 0 unspecified atom stereocenters. The number of hydrogen-bond acceptors (Lipinski definition) is 10. The largest absolute Gasteiger partial charge is 0.477 e. The van der Waals surface area contributed by atoms with Crippen LogP contribution in [0, 0.1) is 15.9 Å². The lowest BCUT2D eigenvalue weighted by Crippen LogP contribution is -2.48. The molecule has 16 heteroatoms. The first kappa shape index (κ1) is 34.1. The Kier molecular flexibility index (Phi) is 8.90. The summed E-state index contributed by atoms with van der Waals surface area (Å²) in [4.78, 5) is 57.6. The fourth-order valence-corrected chi connectivity index (χ4v) is 7.34. The number of pyridine rings is 1. The summed E-state index contributed by atoms with van der Waals surface area (Å²) in [5.41, 5.74) is 1.51. The van der Waals surface area contributed by atoms with Crippen molar-refractivity contribution in [1.82, 2.24) is 23.8 Å². The van der Waals surface area contributed by atoms with Crippen molar-refractivity contribution < 1.29 is 19.2 Å². The quantitative estimate of drug-likeness (QED) is 0.166. The third-order valence-electron chi connectivity index (χ3n) is 10.4. The van der Waals surface area contributed by atoms with Gasteiger partial charge in [0, 0.05) is 87.8 Å². The molecule has 0 radical (unpaired) electrons. The zero-order valence-corrected chi connectivity index (χ0v) is 28.9. The molecule has 0 atom stereocenters. The predicted molar refractivity (Wildman–Crippen MR) is 197 cm³/mol. The first-order valence-corrected chi connectivity index (χ1v) is 17.7. The fraction of sp³-hybridized carbons (Fsp3) is 0.351. The van der Waals surface area contributed by atoms with E-state index < -0.39 is 22.1 Å². The Balaban J connectivity index is 0.991. The number of nitrogens with zero attached hydrogens (tertiary/aromatic N) is 9. The Morgan fingerprint density at radius 3 is 2.19 bits per heavy atom. The van der Waals surface area contributed by atoms with Crippen LogP contribution < -0.4 is 25.8 Å². The number of hydrogen-bond donors (Lipinski definition) is 1. The number of carboxylic acid groups (broad SMARTS) is 1. The van der Waals surface area contributed by atoms with Crippen LogP contribution in [-0.2, 0) is 13.2 Å². The summed E-state index contributed by atoms with van der Waals surface area (Å²) in [6.07, 6.45) is 3.11. The molecule has 15 nitrogen and oxygen atoms in total. The molecule has 3 aromatic carbocycles. The molecule has 4 heterocycles.